The molecule has 0 aliphatic heterocycles. The molecule has 0 radical (unpaired) electrons. The molecule has 0 amide bonds. The van der Waals surface area contributed by atoms with E-state index in [1.807, 2.05) is 32.0 Å². The fraction of sp³-hybridized carbons (Fsp3) is 0.231. The van der Waals surface area contributed by atoms with Crippen LogP contribution in [0.15, 0.2) is 38.8 Å². The van der Waals surface area contributed by atoms with Gasteiger partial charge in [-0.25, -0.2) is 9.89 Å². The number of hydrogen-bond donors (Lipinski definition) is 2. The summed E-state index contributed by atoms with van der Waals surface area (Å²) in [7, 11) is 0. The molecule has 110 valence electrons. The van der Waals surface area contributed by atoms with E-state index < -0.39 is 5.69 Å². The van der Waals surface area contributed by atoms with Crippen LogP contribution in [0.25, 0.3) is 0 Å². The van der Waals surface area contributed by atoms with Crippen LogP contribution in [0.1, 0.15) is 19.4 Å². The van der Waals surface area contributed by atoms with Crippen LogP contribution < -0.4 is 15.9 Å². The van der Waals surface area contributed by atoms with Crippen LogP contribution >= 0.6 is 15.9 Å². The third-order valence-corrected chi connectivity index (χ3v) is 2.90. The monoisotopic (exact) mass is 351 g/mol. The molecule has 0 aliphatic rings. The van der Waals surface area contributed by atoms with Crippen LogP contribution in [0, 0.1) is 0 Å². The third kappa shape index (κ3) is 4.67. The van der Waals surface area contributed by atoms with Crippen molar-refractivity contribution < 1.29 is 4.74 Å². The second-order valence-corrected chi connectivity index (χ2v) is 5.25. The summed E-state index contributed by atoms with van der Waals surface area (Å²) in [6.07, 6.45) is 3.08. The zero-order valence-corrected chi connectivity index (χ0v) is 13.1. The average molecular weight is 352 g/mol. The molecule has 2 N–H and O–H groups in total. The lowest BCUT2D eigenvalue weighted by atomic mass is 10.2. The molecule has 0 aliphatic carbocycles. The number of ether oxygens (including phenoxy) is 1. The molecule has 2 aromatic rings. The molecule has 21 heavy (non-hydrogen) atoms. The van der Waals surface area contributed by atoms with Crippen LogP contribution in [0.4, 0.5) is 5.82 Å². The normalized spacial score (nSPS) is 11.0. The number of rotatable bonds is 5. The van der Waals surface area contributed by atoms with E-state index in [2.05, 4.69) is 41.6 Å². The molecule has 8 heteroatoms. The van der Waals surface area contributed by atoms with Crippen molar-refractivity contribution >= 4 is 28.0 Å². The number of nitrogens with zero attached hydrogens (tertiary/aromatic N) is 3. The zero-order valence-electron chi connectivity index (χ0n) is 11.5. The smallest absolute Gasteiger partial charge is 0.363 e. The maximum absolute atomic E-state index is 11.0. The van der Waals surface area contributed by atoms with Crippen LogP contribution in [0.3, 0.4) is 0 Å². The van der Waals surface area contributed by atoms with Gasteiger partial charge in [-0.3, -0.25) is 5.43 Å². The Morgan fingerprint density at radius 2 is 2.29 bits per heavy atom. The zero-order chi connectivity index (χ0) is 15.2. The van der Waals surface area contributed by atoms with E-state index in [4.69, 9.17) is 4.74 Å². The van der Waals surface area contributed by atoms with Crippen molar-refractivity contribution in [1.29, 1.82) is 0 Å². The quantitative estimate of drug-likeness (QED) is 0.636. The van der Waals surface area contributed by atoms with E-state index in [1.54, 1.807) is 6.21 Å². The standard InChI is InChI=1S/C13H14BrN5O2/c1-8(2)21-11-4-3-9(5-10(11)14)6-15-18-12-7-16-19-13(20)17-12/h3-8H,1-2H3,(H2,17,18,19,20)/b15-6+. The maximum atomic E-state index is 11.0. The van der Waals surface area contributed by atoms with E-state index in [-0.39, 0.29) is 11.9 Å². The summed E-state index contributed by atoms with van der Waals surface area (Å²) in [6, 6.07) is 5.61. The second kappa shape index (κ2) is 6.98. The summed E-state index contributed by atoms with van der Waals surface area (Å²) in [5, 5.41) is 9.78. The minimum atomic E-state index is -0.534. The molecule has 1 heterocycles. The first-order valence-corrected chi connectivity index (χ1v) is 7.01. The number of halogens is 1. The molecule has 1 aromatic heterocycles. The fourth-order valence-corrected chi connectivity index (χ4v) is 1.98. The van der Waals surface area contributed by atoms with Gasteiger partial charge in [0.25, 0.3) is 0 Å². The van der Waals surface area contributed by atoms with E-state index in [9.17, 15) is 4.79 Å². The molecule has 2 rings (SSSR count). The van der Waals surface area contributed by atoms with Crippen molar-refractivity contribution in [3.8, 4) is 5.75 Å². The number of nitrogens with one attached hydrogen (secondary N) is 2. The van der Waals surface area contributed by atoms with Crippen molar-refractivity contribution in [2.24, 2.45) is 5.10 Å². The first-order chi connectivity index (χ1) is 10.0. The molecule has 0 saturated carbocycles. The third-order valence-electron chi connectivity index (χ3n) is 2.28. The minimum Gasteiger partial charge on any atom is -0.490 e. The molecule has 0 fully saturated rings. The van der Waals surface area contributed by atoms with Crippen molar-refractivity contribution in [1.82, 2.24) is 15.2 Å². The van der Waals surface area contributed by atoms with Gasteiger partial charge >= 0.3 is 5.69 Å². The summed E-state index contributed by atoms with van der Waals surface area (Å²) < 4.78 is 6.47. The Bertz CT molecular complexity index is 699. The van der Waals surface area contributed by atoms with Crippen molar-refractivity contribution in [2.75, 3.05) is 5.43 Å². The van der Waals surface area contributed by atoms with Gasteiger partial charge in [0.15, 0.2) is 5.82 Å². The van der Waals surface area contributed by atoms with Gasteiger partial charge < -0.3 is 4.74 Å². The number of H-pyrrole nitrogens is 1. The minimum absolute atomic E-state index is 0.109. The number of hydrazone groups is 1. The van der Waals surface area contributed by atoms with E-state index in [1.165, 1.54) is 6.20 Å². The van der Waals surface area contributed by atoms with Gasteiger partial charge in [0.05, 0.1) is 23.0 Å². The molecule has 0 saturated heterocycles. The number of anilines is 1. The Kier molecular flexibility index (Phi) is 5.04. The highest BCUT2D eigenvalue weighted by Gasteiger charge is 2.03. The lowest BCUT2D eigenvalue weighted by Gasteiger charge is -2.11. The van der Waals surface area contributed by atoms with Gasteiger partial charge in [0.1, 0.15) is 5.75 Å². The van der Waals surface area contributed by atoms with Gasteiger partial charge in [-0.1, -0.05) is 0 Å². The molecule has 7 nitrogen and oxygen atoms in total. The fourth-order valence-electron chi connectivity index (χ4n) is 1.49. The van der Waals surface area contributed by atoms with Crippen LogP contribution in [0.5, 0.6) is 5.75 Å². The highest BCUT2D eigenvalue weighted by molar-refractivity contribution is 9.10. The van der Waals surface area contributed by atoms with Gasteiger partial charge in [-0.05, 0) is 53.5 Å². The average Bonchev–Trinajstić information content (AvgIpc) is 2.41. The Labute approximate surface area is 129 Å². The van der Waals surface area contributed by atoms with Gasteiger partial charge in [0, 0.05) is 0 Å². The number of aromatic nitrogens is 3. The Morgan fingerprint density at radius 1 is 1.48 bits per heavy atom. The first-order valence-electron chi connectivity index (χ1n) is 6.21. The SMILES string of the molecule is CC(C)Oc1ccc(/C=N/Nc2cn[nH]c(=O)n2)cc1Br. The van der Waals surface area contributed by atoms with Crippen molar-refractivity contribution in [2.45, 2.75) is 20.0 Å². The summed E-state index contributed by atoms with van der Waals surface area (Å²) >= 11 is 3.45. The molecular weight excluding hydrogens is 338 g/mol. The van der Waals surface area contributed by atoms with E-state index in [0.29, 0.717) is 0 Å². The molecule has 0 atom stereocenters. The number of aromatic amines is 1. The number of benzene rings is 1. The van der Waals surface area contributed by atoms with Gasteiger partial charge in [0.2, 0.25) is 0 Å². The summed E-state index contributed by atoms with van der Waals surface area (Å²) in [4.78, 5) is 14.6. The predicted molar refractivity (Wildman–Crippen MR) is 83.8 cm³/mol. The Balaban J connectivity index is 2.04. The van der Waals surface area contributed by atoms with E-state index >= 15 is 0 Å². The predicted octanol–water partition coefficient (Wildman–Crippen LogP) is 2.16. The highest BCUT2D eigenvalue weighted by atomic mass is 79.9. The van der Waals surface area contributed by atoms with Crippen LogP contribution in [-0.4, -0.2) is 27.5 Å². The van der Waals surface area contributed by atoms with Gasteiger partial charge in [-0.2, -0.15) is 15.2 Å². The van der Waals surface area contributed by atoms with Crippen LogP contribution in [-0.2, 0) is 0 Å². The first kappa shape index (κ1) is 15.2. The second-order valence-electron chi connectivity index (χ2n) is 4.40. The number of hydrogen-bond acceptors (Lipinski definition) is 6. The highest BCUT2D eigenvalue weighted by Crippen LogP contribution is 2.26. The molecule has 0 spiro atoms. The molecular formula is C13H14BrN5O2. The summed E-state index contributed by atoms with van der Waals surface area (Å²) in [5.41, 5.74) is 2.96. The van der Waals surface area contributed by atoms with E-state index in [0.717, 1.165) is 15.8 Å². The summed E-state index contributed by atoms with van der Waals surface area (Å²) in [5.74, 6) is 1.05. The topological polar surface area (TPSA) is 92.3 Å². The lowest BCUT2D eigenvalue weighted by molar-refractivity contribution is 0.241. The maximum Gasteiger partial charge on any atom is 0.363 e. The Morgan fingerprint density at radius 3 is 2.95 bits per heavy atom. The van der Waals surface area contributed by atoms with Gasteiger partial charge in [-0.15, -0.1) is 0 Å². The molecule has 1 aromatic carbocycles. The van der Waals surface area contributed by atoms with Crippen molar-refractivity contribution in [3.05, 3.63) is 44.9 Å². The molecule has 0 unspecified atom stereocenters. The van der Waals surface area contributed by atoms with Crippen LogP contribution in [0.2, 0.25) is 0 Å². The lowest BCUT2D eigenvalue weighted by Crippen LogP contribution is -2.13. The van der Waals surface area contributed by atoms with Crippen molar-refractivity contribution in [3.63, 3.8) is 0 Å². The largest absolute Gasteiger partial charge is 0.490 e. The Hall–Kier alpha value is -2.22. The molecule has 0 bridgehead atoms. The summed E-state index contributed by atoms with van der Waals surface area (Å²) in [6.45, 7) is 3.93.